The molecule has 15 heavy (non-hydrogen) atoms. The highest BCUT2D eigenvalue weighted by Crippen LogP contribution is 2.28. The minimum absolute atomic E-state index is 0.174. The third-order valence-corrected chi connectivity index (χ3v) is 2.86. The molecule has 1 aromatic heterocycles. The molecule has 0 fully saturated rings. The van der Waals surface area contributed by atoms with Gasteiger partial charge in [0.1, 0.15) is 11.6 Å². The first-order valence-electron chi connectivity index (χ1n) is 5.45. The zero-order valence-corrected chi connectivity index (χ0v) is 9.51. The summed E-state index contributed by atoms with van der Waals surface area (Å²) in [6.07, 6.45) is 5.15. The first-order valence-corrected chi connectivity index (χ1v) is 5.45. The molecule has 2 unspecified atom stereocenters. The van der Waals surface area contributed by atoms with Crippen LogP contribution in [0.3, 0.4) is 0 Å². The van der Waals surface area contributed by atoms with Crippen LogP contribution < -0.4 is 5.73 Å². The molecular formula is C11H18N4. The molecule has 0 radical (unpaired) electrons. The Labute approximate surface area is 90.2 Å². The van der Waals surface area contributed by atoms with Crippen molar-refractivity contribution in [3.05, 3.63) is 23.8 Å². The van der Waals surface area contributed by atoms with Gasteiger partial charge < -0.3 is 10.3 Å². The van der Waals surface area contributed by atoms with Crippen LogP contribution in [0, 0.1) is 6.92 Å². The topological polar surface area (TPSA) is 56.7 Å². The van der Waals surface area contributed by atoms with Crippen LogP contribution in [0.2, 0.25) is 0 Å². The van der Waals surface area contributed by atoms with Crippen molar-refractivity contribution in [3.8, 4) is 0 Å². The van der Waals surface area contributed by atoms with Crippen LogP contribution in [-0.2, 0) is 0 Å². The fraction of sp³-hybridized carbons (Fsp3) is 0.636. The maximum absolute atomic E-state index is 5.85. The lowest BCUT2D eigenvalue weighted by Crippen LogP contribution is -2.17. The summed E-state index contributed by atoms with van der Waals surface area (Å²) >= 11 is 0. The second-order valence-corrected chi connectivity index (χ2v) is 4.46. The van der Waals surface area contributed by atoms with Crippen molar-refractivity contribution in [2.24, 2.45) is 5.73 Å². The highest BCUT2D eigenvalue weighted by Gasteiger charge is 2.24. The number of hydrogen-bond donors (Lipinski definition) is 1. The number of hydrogen-bond acceptors (Lipinski definition) is 3. The lowest BCUT2D eigenvalue weighted by Gasteiger charge is -2.15. The van der Waals surface area contributed by atoms with Gasteiger partial charge in [0.05, 0.1) is 0 Å². The Morgan fingerprint density at radius 3 is 2.67 bits per heavy atom. The van der Waals surface area contributed by atoms with Crippen molar-refractivity contribution in [1.29, 1.82) is 0 Å². The van der Waals surface area contributed by atoms with Crippen LogP contribution in [0.25, 0.3) is 0 Å². The number of nitrogens with two attached hydrogens (primary N) is 1. The molecule has 4 nitrogen and oxygen atoms in total. The molecule has 4 heteroatoms. The van der Waals surface area contributed by atoms with E-state index in [4.69, 9.17) is 5.73 Å². The van der Waals surface area contributed by atoms with E-state index >= 15 is 0 Å². The second-order valence-electron chi connectivity index (χ2n) is 4.46. The van der Waals surface area contributed by atoms with Crippen LogP contribution in [0.1, 0.15) is 43.9 Å². The predicted molar refractivity (Wildman–Crippen MR) is 59.6 cm³/mol. The Kier molecular flexibility index (Phi) is 2.61. The monoisotopic (exact) mass is 206 g/mol. The molecule has 2 rings (SSSR count). The van der Waals surface area contributed by atoms with E-state index in [1.165, 1.54) is 0 Å². The highest BCUT2D eigenvalue weighted by atomic mass is 15.3. The number of nitrogens with zero attached hydrogens (tertiary/aromatic N) is 3. The standard InChI is InChI=1S/C11H18N4/c1-7(2)15-8(3)13-14-11(15)9-4-5-10(12)6-9/h4-5,7,9-10H,6,12H2,1-3H3. The molecule has 2 N–H and O–H groups in total. The van der Waals surface area contributed by atoms with E-state index in [1.807, 2.05) is 6.92 Å². The third-order valence-electron chi connectivity index (χ3n) is 2.86. The van der Waals surface area contributed by atoms with E-state index in [2.05, 4.69) is 40.8 Å². The molecule has 0 saturated carbocycles. The molecule has 0 bridgehead atoms. The molecule has 2 atom stereocenters. The van der Waals surface area contributed by atoms with Crippen molar-refractivity contribution >= 4 is 0 Å². The van der Waals surface area contributed by atoms with Crippen molar-refractivity contribution in [2.45, 2.75) is 45.2 Å². The summed E-state index contributed by atoms with van der Waals surface area (Å²) in [6, 6.07) is 0.577. The first kappa shape index (κ1) is 10.4. The van der Waals surface area contributed by atoms with E-state index in [1.54, 1.807) is 0 Å². The molecule has 1 aliphatic carbocycles. The van der Waals surface area contributed by atoms with E-state index in [9.17, 15) is 0 Å². The Hall–Kier alpha value is -1.16. The van der Waals surface area contributed by atoms with Gasteiger partial charge in [0.2, 0.25) is 0 Å². The highest BCUT2D eigenvalue weighted by molar-refractivity contribution is 5.18. The Bertz CT molecular complexity index is 378. The van der Waals surface area contributed by atoms with Gasteiger partial charge in [0, 0.05) is 18.0 Å². The van der Waals surface area contributed by atoms with Gasteiger partial charge in [-0.15, -0.1) is 10.2 Å². The smallest absolute Gasteiger partial charge is 0.140 e. The van der Waals surface area contributed by atoms with Crippen molar-refractivity contribution in [2.75, 3.05) is 0 Å². The van der Waals surface area contributed by atoms with Crippen LogP contribution >= 0.6 is 0 Å². The molecule has 0 aromatic carbocycles. The number of aromatic nitrogens is 3. The van der Waals surface area contributed by atoms with Crippen LogP contribution in [0.5, 0.6) is 0 Å². The lowest BCUT2D eigenvalue weighted by atomic mass is 10.1. The quantitative estimate of drug-likeness (QED) is 0.747. The number of allylic oxidation sites excluding steroid dienone is 1. The van der Waals surface area contributed by atoms with Gasteiger partial charge in [-0.3, -0.25) is 0 Å². The average molecular weight is 206 g/mol. The van der Waals surface area contributed by atoms with E-state index in [-0.39, 0.29) is 6.04 Å². The summed E-state index contributed by atoms with van der Waals surface area (Å²) in [6.45, 7) is 6.30. The Morgan fingerprint density at radius 2 is 2.13 bits per heavy atom. The molecule has 1 aromatic rings. The van der Waals surface area contributed by atoms with Gasteiger partial charge in [0.15, 0.2) is 0 Å². The summed E-state index contributed by atoms with van der Waals surface area (Å²) in [5.41, 5.74) is 5.85. The predicted octanol–water partition coefficient (Wildman–Crippen LogP) is 1.54. The Balaban J connectivity index is 2.33. The summed E-state index contributed by atoms with van der Waals surface area (Å²) in [4.78, 5) is 0. The SMILES string of the molecule is Cc1nnc(C2C=CC(N)C2)n1C(C)C. The van der Waals surface area contributed by atoms with Crippen LogP contribution in [-0.4, -0.2) is 20.8 Å². The maximum atomic E-state index is 5.85. The fourth-order valence-corrected chi connectivity index (χ4v) is 2.20. The van der Waals surface area contributed by atoms with E-state index < -0.39 is 0 Å². The molecule has 0 aliphatic heterocycles. The van der Waals surface area contributed by atoms with Gasteiger partial charge in [0.25, 0.3) is 0 Å². The van der Waals surface area contributed by atoms with Gasteiger partial charge in [-0.2, -0.15) is 0 Å². The molecule has 82 valence electrons. The first-order chi connectivity index (χ1) is 7.09. The van der Waals surface area contributed by atoms with Crippen LogP contribution in [0.4, 0.5) is 0 Å². The zero-order valence-electron chi connectivity index (χ0n) is 9.51. The van der Waals surface area contributed by atoms with Crippen LogP contribution in [0.15, 0.2) is 12.2 Å². The number of aryl methyl sites for hydroxylation is 1. The molecular weight excluding hydrogens is 188 g/mol. The second kappa shape index (κ2) is 3.77. The Morgan fingerprint density at radius 1 is 1.40 bits per heavy atom. The molecule has 0 amide bonds. The average Bonchev–Trinajstić information content (AvgIpc) is 2.71. The minimum Gasteiger partial charge on any atom is -0.324 e. The fourth-order valence-electron chi connectivity index (χ4n) is 2.20. The van der Waals surface area contributed by atoms with Gasteiger partial charge >= 0.3 is 0 Å². The van der Waals surface area contributed by atoms with Gasteiger partial charge in [-0.1, -0.05) is 12.2 Å². The van der Waals surface area contributed by atoms with Gasteiger partial charge in [-0.25, -0.2) is 0 Å². The summed E-state index contributed by atoms with van der Waals surface area (Å²) in [7, 11) is 0. The number of rotatable bonds is 2. The van der Waals surface area contributed by atoms with Crippen molar-refractivity contribution in [3.63, 3.8) is 0 Å². The molecule has 0 saturated heterocycles. The third kappa shape index (κ3) is 1.81. The lowest BCUT2D eigenvalue weighted by molar-refractivity contribution is 0.531. The van der Waals surface area contributed by atoms with Gasteiger partial charge in [-0.05, 0) is 27.2 Å². The van der Waals surface area contributed by atoms with E-state index in [0.717, 1.165) is 18.1 Å². The molecule has 1 aliphatic rings. The molecule has 1 heterocycles. The van der Waals surface area contributed by atoms with E-state index in [0.29, 0.717) is 12.0 Å². The normalized spacial score (nSPS) is 25.4. The minimum atomic E-state index is 0.174. The summed E-state index contributed by atoms with van der Waals surface area (Å²) in [5, 5.41) is 8.41. The summed E-state index contributed by atoms with van der Waals surface area (Å²) < 4.78 is 2.19. The zero-order chi connectivity index (χ0) is 11.0. The van der Waals surface area contributed by atoms with Crippen molar-refractivity contribution in [1.82, 2.24) is 14.8 Å². The van der Waals surface area contributed by atoms with Crippen molar-refractivity contribution < 1.29 is 0 Å². The largest absolute Gasteiger partial charge is 0.324 e. The summed E-state index contributed by atoms with van der Waals surface area (Å²) in [5.74, 6) is 2.36. The maximum Gasteiger partial charge on any atom is 0.140 e. The molecule has 0 spiro atoms.